The molecule has 1 N–H and O–H groups in total. The van der Waals surface area contributed by atoms with Gasteiger partial charge in [0.15, 0.2) is 12.4 Å². The van der Waals surface area contributed by atoms with Crippen molar-refractivity contribution in [2.45, 2.75) is 19.8 Å². The molecule has 2 rings (SSSR count). The number of non-ortho nitro benzene ring substituents is 1. The number of ether oxygens (including phenoxy) is 1. The van der Waals surface area contributed by atoms with Gasteiger partial charge in [-0.25, -0.2) is 0 Å². The van der Waals surface area contributed by atoms with Crippen LogP contribution < -0.4 is 5.32 Å². The maximum Gasteiger partial charge on any atom is 0.306 e. The fourth-order valence-corrected chi connectivity index (χ4v) is 2.23. The Morgan fingerprint density at radius 3 is 2.41 bits per heavy atom. The minimum Gasteiger partial charge on any atom is -0.457 e. The number of nitrogens with zero attached hydrogens (tertiary/aromatic N) is 1. The van der Waals surface area contributed by atoms with Gasteiger partial charge in [0, 0.05) is 29.8 Å². The van der Waals surface area contributed by atoms with Crippen molar-refractivity contribution in [2.75, 3.05) is 11.9 Å². The number of anilines is 1. The topological polar surface area (TPSA) is 116 Å². The van der Waals surface area contributed by atoms with E-state index in [1.807, 2.05) is 19.1 Å². The van der Waals surface area contributed by atoms with Gasteiger partial charge in [-0.05, 0) is 36.8 Å². The van der Waals surface area contributed by atoms with Gasteiger partial charge in [0.25, 0.3) is 5.69 Å². The molecule has 0 aliphatic heterocycles. The molecule has 0 heterocycles. The highest BCUT2D eigenvalue weighted by Crippen LogP contribution is 2.13. The number of nitrogens with one attached hydrogen (secondary N) is 1. The lowest BCUT2D eigenvalue weighted by Gasteiger charge is -2.06. The molecule has 27 heavy (non-hydrogen) atoms. The highest BCUT2D eigenvalue weighted by Gasteiger charge is 2.13. The molecule has 140 valence electrons. The van der Waals surface area contributed by atoms with E-state index in [4.69, 9.17) is 4.74 Å². The fraction of sp³-hybridized carbons (Fsp3) is 0.211. The first-order valence-corrected chi connectivity index (χ1v) is 8.15. The molecule has 0 aromatic heterocycles. The van der Waals surface area contributed by atoms with Crippen LogP contribution in [0, 0.1) is 17.0 Å². The van der Waals surface area contributed by atoms with Gasteiger partial charge in [-0.15, -0.1) is 0 Å². The van der Waals surface area contributed by atoms with Crippen molar-refractivity contribution >= 4 is 29.0 Å². The zero-order valence-corrected chi connectivity index (χ0v) is 14.6. The van der Waals surface area contributed by atoms with E-state index in [0.717, 1.165) is 5.56 Å². The van der Waals surface area contributed by atoms with Gasteiger partial charge in [-0.2, -0.15) is 0 Å². The molecule has 0 unspecified atom stereocenters. The van der Waals surface area contributed by atoms with Gasteiger partial charge in [0.2, 0.25) is 5.91 Å². The van der Waals surface area contributed by atoms with Gasteiger partial charge >= 0.3 is 5.97 Å². The number of esters is 1. The molecule has 2 aromatic rings. The molecule has 0 atom stereocenters. The molecule has 0 saturated carbocycles. The first kappa shape index (κ1) is 19.8. The van der Waals surface area contributed by atoms with E-state index in [1.54, 1.807) is 12.1 Å². The summed E-state index contributed by atoms with van der Waals surface area (Å²) in [5, 5.41) is 13.2. The van der Waals surface area contributed by atoms with E-state index in [0.29, 0.717) is 5.69 Å². The molecule has 2 aromatic carbocycles. The fourth-order valence-electron chi connectivity index (χ4n) is 2.23. The first-order chi connectivity index (χ1) is 12.8. The van der Waals surface area contributed by atoms with Crippen LogP contribution in [0.25, 0.3) is 0 Å². The van der Waals surface area contributed by atoms with Crippen LogP contribution in [-0.4, -0.2) is 29.2 Å². The second-order valence-electron chi connectivity index (χ2n) is 5.81. The summed E-state index contributed by atoms with van der Waals surface area (Å²) < 4.78 is 4.85. The van der Waals surface area contributed by atoms with Crippen molar-refractivity contribution in [3.8, 4) is 0 Å². The van der Waals surface area contributed by atoms with Crippen molar-refractivity contribution in [3.63, 3.8) is 0 Å². The number of carbonyl (C=O) groups is 3. The number of aryl methyl sites for hydroxylation is 1. The number of carbonyl (C=O) groups excluding carboxylic acids is 3. The largest absolute Gasteiger partial charge is 0.457 e. The third kappa shape index (κ3) is 6.35. The second kappa shape index (κ2) is 9.23. The molecular formula is C19H18N2O6. The van der Waals surface area contributed by atoms with E-state index in [2.05, 4.69) is 5.32 Å². The number of nitro groups is 1. The molecule has 0 spiro atoms. The quantitative estimate of drug-likeness (QED) is 0.330. The summed E-state index contributed by atoms with van der Waals surface area (Å²) in [7, 11) is 0. The molecule has 0 aliphatic rings. The van der Waals surface area contributed by atoms with Crippen LogP contribution >= 0.6 is 0 Å². The van der Waals surface area contributed by atoms with E-state index in [1.165, 1.54) is 24.3 Å². The van der Waals surface area contributed by atoms with Crippen molar-refractivity contribution < 1.29 is 24.0 Å². The molecule has 0 aliphatic carbocycles. The maximum atomic E-state index is 11.9. The van der Waals surface area contributed by atoms with Crippen LogP contribution in [0.15, 0.2) is 48.5 Å². The van der Waals surface area contributed by atoms with Crippen LogP contribution in [0.3, 0.4) is 0 Å². The Labute approximate surface area is 155 Å². The highest BCUT2D eigenvalue weighted by molar-refractivity contribution is 5.98. The predicted molar refractivity (Wildman–Crippen MR) is 97.4 cm³/mol. The lowest BCUT2D eigenvalue weighted by Crippen LogP contribution is -2.17. The molecule has 0 bridgehead atoms. The van der Waals surface area contributed by atoms with E-state index in [9.17, 15) is 24.5 Å². The molecule has 0 saturated heterocycles. The van der Waals surface area contributed by atoms with Crippen LogP contribution in [-0.2, 0) is 14.3 Å². The van der Waals surface area contributed by atoms with Gasteiger partial charge in [-0.1, -0.05) is 12.1 Å². The Hall–Kier alpha value is -3.55. The Balaban J connectivity index is 1.74. The number of ketones is 1. The lowest BCUT2D eigenvalue weighted by molar-refractivity contribution is -0.384. The molecule has 0 fully saturated rings. The van der Waals surface area contributed by atoms with Gasteiger partial charge in [0.1, 0.15) is 0 Å². The SMILES string of the molecule is Cc1cccc(NC(=O)CCC(=O)OCC(=O)c2ccc([N+](=O)[O-])cc2)c1. The summed E-state index contributed by atoms with van der Waals surface area (Å²) in [4.78, 5) is 45.4. The number of hydrogen-bond donors (Lipinski definition) is 1. The lowest BCUT2D eigenvalue weighted by atomic mass is 10.1. The minimum atomic E-state index is -0.676. The Bertz CT molecular complexity index is 861. The standard InChI is InChI=1S/C19H18N2O6/c1-13-3-2-4-15(11-13)20-18(23)9-10-19(24)27-12-17(22)14-5-7-16(8-6-14)21(25)26/h2-8,11H,9-10,12H2,1H3,(H,20,23). The zero-order chi connectivity index (χ0) is 19.8. The molecule has 8 nitrogen and oxygen atoms in total. The summed E-state index contributed by atoms with van der Waals surface area (Å²) in [5.41, 5.74) is 1.70. The number of Topliss-reactive ketones (excluding diaryl/α,β-unsaturated/α-hetero) is 1. The number of hydrogen-bond acceptors (Lipinski definition) is 6. The summed E-state index contributed by atoms with van der Waals surface area (Å²) in [6.07, 6.45) is -0.232. The summed E-state index contributed by atoms with van der Waals surface area (Å²) in [6.45, 7) is 1.41. The summed E-state index contributed by atoms with van der Waals surface area (Å²) >= 11 is 0. The average Bonchev–Trinajstić information content (AvgIpc) is 2.64. The first-order valence-electron chi connectivity index (χ1n) is 8.15. The highest BCUT2D eigenvalue weighted by atomic mass is 16.6. The third-order valence-corrected chi connectivity index (χ3v) is 3.62. The summed E-state index contributed by atoms with van der Waals surface area (Å²) in [5.74, 6) is -1.49. The second-order valence-corrected chi connectivity index (χ2v) is 5.81. The van der Waals surface area contributed by atoms with Crippen LogP contribution in [0.4, 0.5) is 11.4 Å². The zero-order valence-electron chi connectivity index (χ0n) is 14.6. The monoisotopic (exact) mass is 370 g/mol. The Morgan fingerprint density at radius 2 is 1.78 bits per heavy atom. The molecule has 8 heteroatoms. The Kier molecular flexibility index (Phi) is 6.76. The van der Waals surface area contributed by atoms with Gasteiger partial charge < -0.3 is 10.1 Å². The van der Waals surface area contributed by atoms with E-state index in [-0.39, 0.29) is 30.0 Å². The number of nitro benzene ring substituents is 1. The van der Waals surface area contributed by atoms with Crippen LogP contribution in [0.2, 0.25) is 0 Å². The maximum absolute atomic E-state index is 11.9. The molecular weight excluding hydrogens is 352 g/mol. The average molecular weight is 370 g/mol. The van der Waals surface area contributed by atoms with Gasteiger partial charge in [0.05, 0.1) is 11.3 Å². The number of benzene rings is 2. The van der Waals surface area contributed by atoms with Crippen molar-refractivity contribution in [2.24, 2.45) is 0 Å². The minimum absolute atomic E-state index is 0.0709. The number of rotatable bonds is 8. The van der Waals surface area contributed by atoms with Crippen molar-refractivity contribution in [1.29, 1.82) is 0 Å². The molecule has 0 radical (unpaired) electrons. The van der Waals surface area contributed by atoms with Crippen molar-refractivity contribution in [3.05, 3.63) is 69.8 Å². The van der Waals surface area contributed by atoms with Crippen LogP contribution in [0.5, 0.6) is 0 Å². The van der Waals surface area contributed by atoms with E-state index >= 15 is 0 Å². The summed E-state index contributed by atoms with van der Waals surface area (Å²) in [6, 6.07) is 12.2. The Morgan fingerprint density at radius 1 is 1.07 bits per heavy atom. The number of amides is 1. The van der Waals surface area contributed by atoms with Crippen molar-refractivity contribution in [1.82, 2.24) is 0 Å². The molecule has 1 amide bonds. The van der Waals surface area contributed by atoms with Crippen LogP contribution in [0.1, 0.15) is 28.8 Å². The normalized spacial score (nSPS) is 10.1. The van der Waals surface area contributed by atoms with E-state index < -0.39 is 23.3 Å². The van der Waals surface area contributed by atoms with Gasteiger partial charge in [-0.3, -0.25) is 24.5 Å². The smallest absolute Gasteiger partial charge is 0.306 e. The third-order valence-electron chi connectivity index (χ3n) is 3.62. The predicted octanol–water partition coefficient (Wildman–Crippen LogP) is 3.05.